The monoisotopic (exact) mass is 275 g/mol. The van der Waals surface area contributed by atoms with Gasteiger partial charge in [-0.1, -0.05) is 12.1 Å². The molecule has 3 atom stereocenters. The van der Waals surface area contributed by atoms with Gasteiger partial charge in [0.25, 0.3) is 5.91 Å². The number of carbonyl (C=O) groups is 1. The number of ether oxygens (including phenoxy) is 1. The van der Waals surface area contributed by atoms with Gasteiger partial charge in [-0.3, -0.25) is 4.79 Å². The number of benzene rings is 1. The van der Waals surface area contributed by atoms with E-state index in [9.17, 15) is 9.90 Å². The molecule has 0 radical (unpaired) electrons. The Morgan fingerprint density at radius 1 is 1.45 bits per heavy atom. The molecule has 3 rings (SSSR count). The summed E-state index contributed by atoms with van der Waals surface area (Å²) in [4.78, 5) is 12.0. The van der Waals surface area contributed by atoms with Gasteiger partial charge in [0, 0.05) is 24.6 Å². The summed E-state index contributed by atoms with van der Waals surface area (Å²) in [5.41, 5.74) is 2.61. The first-order chi connectivity index (χ1) is 9.66. The van der Waals surface area contributed by atoms with E-state index in [0.717, 1.165) is 36.9 Å². The van der Waals surface area contributed by atoms with Gasteiger partial charge in [-0.15, -0.1) is 0 Å². The zero-order chi connectivity index (χ0) is 14.1. The highest BCUT2D eigenvalue weighted by atomic mass is 16.5. The van der Waals surface area contributed by atoms with Crippen LogP contribution in [0, 0.1) is 5.92 Å². The zero-order valence-electron chi connectivity index (χ0n) is 11.8. The standard InChI is InChI=1S/C16H21NO3/c1-10-13(6-8-20-10)15(18)12-5-4-11-3-2-7-17-16(19)14(11)9-12/h4-5,9-10,13,15,18H,2-3,6-8H2,1H3,(H,17,19). The van der Waals surface area contributed by atoms with Gasteiger partial charge in [0.2, 0.25) is 0 Å². The molecule has 2 aliphatic rings. The van der Waals surface area contributed by atoms with E-state index in [-0.39, 0.29) is 17.9 Å². The van der Waals surface area contributed by atoms with Crippen molar-refractivity contribution in [1.29, 1.82) is 0 Å². The number of aliphatic hydroxyl groups is 1. The Morgan fingerprint density at radius 2 is 2.30 bits per heavy atom. The summed E-state index contributed by atoms with van der Waals surface area (Å²) in [7, 11) is 0. The number of aryl methyl sites for hydroxylation is 1. The Hall–Kier alpha value is -1.39. The van der Waals surface area contributed by atoms with Crippen LogP contribution in [0.25, 0.3) is 0 Å². The molecule has 2 heterocycles. The first-order valence-electron chi connectivity index (χ1n) is 7.37. The minimum atomic E-state index is -0.561. The van der Waals surface area contributed by atoms with Gasteiger partial charge in [-0.25, -0.2) is 0 Å². The third-order valence-corrected chi connectivity index (χ3v) is 4.47. The number of hydrogen-bond donors (Lipinski definition) is 2. The second-order valence-electron chi connectivity index (χ2n) is 5.75. The van der Waals surface area contributed by atoms with E-state index in [0.29, 0.717) is 12.2 Å². The second kappa shape index (κ2) is 5.54. The molecule has 4 heteroatoms. The second-order valence-corrected chi connectivity index (χ2v) is 5.75. The van der Waals surface area contributed by atoms with Gasteiger partial charge in [0.1, 0.15) is 0 Å². The van der Waals surface area contributed by atoms with E-state index in [1.807, 2.05) is 25.1 Å². The first-order valence-corrected chi connectivity index (χ1v) is 7.37. The van der Waals surface area contributed by atoms with Crippen LogP contribution in [0.4, 0.5) is 0 Å². The number of nitrogens with one attached hydrogen (secondary N) is 1. The lowest BCUT2D eigenvalue weighted by atomic mass is 9.89. The molecular formula is C16H21NO3. The molecule has 0 saturated carbocycles. The average molecular weight is 275 g/mol. The molecule has 1 aromatic rings. The van der Waals surface area contributed by atoms with Crippen molar-refractivity contribution in [2.24, 2.45) is 5.92 Å². The van der Waals surface area contributed by atoms with E-state index >= 15 is 0 Å². The molecule has 1 amide bonds. The number of rotatable bonds is 2. The number of amides is 1. The molecule has 2 N–H and O–H groups in total. The molecule has 20 heavy (non-hydrogen) atoms. The normalized spacial score (nSPS) is 27.6. The smallest absolute Gasteiger partial charge is 0.251 e. The van der Waals surface area contributed by atoms with E-state index in [1.165, 1.54) is 0 Å². The van der Waals surface area contributed by atoms with Crippen LogP contribution < -0.4 is 5.32 Å². The van der Waals surface area contributed by atoms with Gasteiger partial charge in [-0.2, -0.15) is 0 Å². The zero-order valence-corrected chi connectivity index (χ0v) is 11.8. The number of carbonyl (C=O) groups excluding carboxylic acids is 1. The molecule has 0 aromatic heterocycles. The Morgan fingerprint density at radius 3 is 3.05 bits per heavy atom. The van der Waals surface area contributed by atoms with Gasteiger partial charge < -0.3 is 15.2 Å². The molecule has 1 aromatic carbocycles. The fourth-order valence-electron chi connectivity index (χ4n) is 3.19. The predicted octanol–water partition coefficient (Wildman–Crippen LogP) is 1.82. The molecule has 2 aliphatic heterocycles. The van der Waals surface area contributed by atoms with Crippen molar-refractivity contribution in [2.75, 3.05) is 13.2 Å². The highest BCUT2D eigenvalue weighted by Gasteiger charge is 2.32. The summed E-state index contributed by atoms with van der Waals surface area (Å²) >= 11 is 0. The third kappa shape index (κ3) is 2.45. The van der Waals surface area contributed by atoms with E-state index < -0.39 is 6.10 Å². The summed E-state index contributed by atoms with van der Waals surface area (Å²) in [6, 6.07) is 5.79. The van der Waals surface area contributed by atoms with Crippen LogP contribution in [0.1, 0.15) is 47.4 Å². The van der Waals surface area contributed by atoms with Gasteiger partial charge in [-0.05, 0) is 43.4 Å². The molecule has 4 nitrogen and oxygen atoms in total. The van der Waals surface area contributed by atoms with Crippen molar-refractivity contribution in [2.45, 2.75) is 38.4 Å². The van der Waals surface area contributed by atoms with Crippen LogP contribution >= 0.6 is 0 Å². The van der Waals surface area contributed by atoms with Crippen LogP contribution in [0.15, 0.2) is 18.2 Å². The summed E-state index contributed by atoms with van der Waals surface area (Å²) in [6.07, 6.45) is 2.25. The lowest BCUT2D eigenvalue weighted by Gasteiger charge is -2.22. The van der Waals surface area contributed by atoms with Crippen molar-refractivity contribution >= 4 is 5.91 Å². The lowest BCUT2D eigenvalue weighted by Crippen LogP contribution is -2.23. The van der Waals surface area contributed by atoms with Crippen molar-refractivity contribution in [1.82, 2.24) is 5.32 Å². The topological polar surface area (TPSA) is 58.6 Å². The quantitative estimate of drug-likeness (QED) is 0.865. The maximum atomic E-state index is 12.0. The van der Waals surface area contributed by atoms with E-state index in [1.54, 1.807) is 0 Å². The first kappa shape index (κ1) is 13.6. The van der Waals surface area contributed by atoms with Crippen LogP contribution in [0.3, 0.4) is 0 Å². The maximum Gasteiger partial charge on any atom is 0.251 e. The minimum absolute atomic E-state index is 0.0257. The van der Waals surface area contributed by atoms with Crippen molar-refractivity contribution in [3.63, 3.8) is 0 Å². The SMILES string of the molecule is CC1OCCC1C(O)c1ccc2c(c1)C(=O)NCCC2. The van der Waals surface area contributed by atoms with Crippen molar-refractivity contribution < 1.29 is 14.6 Å². The van der Waals surface area contributed by atoms with E-state index in [2.05, 4.69) is 5.32 Å². The summed E-state index contributed by atoms with van der Waals surface area (Å²) in [5, 5.41) is 13.4. The molecule has 1 fully saturated rings. The molecule has 0 spiro atoms. The fraction of sp³-hybridized carbons (Fsp3) is 0.562. The Bertz CT molecular complexity index is 514. The lowest BCUT2D eigenvalue weighted by molar-refractivity contribution is 0.0431. The molecule has 0 aliphatic carbocycles. The van der Waals surface area contributed by atoms with Crippen molar-refractivity contribution in [3.05, 3.63) is 34.9 Å². The van der Waals surface area contributed by atoms with Crippen LogP contribution in [-0.4, -0.2) is 30.3 Å². The average Bonchev–Trinajstić information content (AvgIpc) is 2.79. The Kier molecular flexibility index (Phi) is 3.76. The van der Waals surface area contributed by atoms with Gasteiger partial charge in [0.05, 0.1) is 12.2 Å². The molecule has 1 saturated heterocycles. The predicted molar refractivity (Wildman–Crippen MR) is 75.6 cm³/mol. The van der Waals surface area contributed by atoms with Crippen LogP contribution in [0.5, 0.6) is 0 Å². The number of hydrogen-bond acceptors (Lipinski definition) is 3. The largest absolute Gasteiger partial charge is 0.388 e. The van der Waals surface area contributed by atoms with E-state index in [4.69, 9.17) is 4.74 Å². The number of aliphatic hydroxyl groups excluding tert-OH is 1. The Balaban J connectivity index is 1.89. The molecular weight excluding hydrogens is 254 g/mol. The van der Waals surface area contributed by atoms with Crippen LogP contribution in [-0.2, 0) is 11.2 Å². The number of fused-ring (bicyclic) bond motifs is 1. The summed E-state index contributed by atoms with van der Waals surface area (Å²) < 4.78 is 5.52. The van der Waals surface area contributed by atoms with Crippen molar-refractivity contribution in [3.8, 4) is 0 Å². The maximum absolute atomic E-state index is 12.0. The Labute approximate surface area is 119 Å². The highest BCUT2D eigenvalue weighted by Crippen LogP contribution is 2.34. The molecule has 3 unspecified atom stereocenters. The highest BCUT2D eigenvalue weighted by molar-refractivity contribution is 5.96. The summed E-state index contributed by atoms with van der Waals surface area (Å²) in [5.74, 6) is 0.0872. The third-order valence-electron chi connectivity index (χ3n) is 4.47. The fourth-order valence-corrected chi connectivity index (χ4v) is 3.19. The van der Waals surface area contributed by atoms with Gasteiger partial charge >= 0.3 is 0 Å². The molecule has 0 bridgehead atoms. The van der Waals surface area contributed by atoms with Crippen LogP contribution in [0.2, 0.25) is 0 Å². The minimum Gasteiger partial charge on any atom is -0.388 e. The summed E-state index contributed by atoms with van der Waals surface area (Å²) in [6.45, 7) is 3.42. The van der Waals surface area contributed by atoms with Gasteiger partial charge in [0.15, 0.2) is 0 Å². The molecule has 108 valence electrons.